The molecule has 174 valence electrons. The number of hydrogen-bond acceptors (Lipinski definition) is 3. The summed E-state index contributed by atoms with van der Waals surface area (Å²) in [6.45, 7) is 6.79. The molecule has 1 rings (SSSR count). The summed E-state index contributed by atoms with van der Waals surface area (Å²) in [5, 5.41) is 0. The van der Waals surface area contributed by atoms with Crippen LogP contribution in [0.2, 0.25) is 6.04 Å². The smallest absolute Gasteiger partial charge is 0.379 e. The number of ether oxygens (including phenoxy) is 2. The number of hydrogen-bond donors (Lipinski definition) is 0. The van der Waals surface area contributed by atoms with Crippen LogP contribution in [0.3, 0.4) is 0 Å². The fourth-order valence-electron chi connectivity index (χ4n) is 2.68. The fourth-order valence-corrected chi connectivity index (χ4v) is 3.76. The van der Waals surface area contributed by atoms with Crippen LogP contribution in [-0.4, -0.2) is 28.4 Å². The zero-order chi connectivity index (χ0) is 22.9. The van der Waals surface area contributed by atoms with Crippen LogP contribution in [0.5, 0.6) is 0 Å². The number of halogens is 6. The topological polar surface area (TPSA) is 27.7 Å². The van der Waals surface area contributed by atoms with Crippen LogP contribution in [0.25, 0.3) is 0 Å². The molecule has 0 spiro atoms. The monoisotopic (exact) mass is 460 g/mol. The molecule has 0 saturated carbocycles. The van der Waals surface area contributed by atoms with Gasteiger partial charge in [-0.1, -0.05) is 12.8 Å². The third-order valence-electron chi connectivity index (χ3n) is 4.03. The van der Waals surface area contributed by atoms with Gasteiger partial charge in [-0.3, -0.25) is 0 Å². The highest BCUT2D eigenvalue weighted by Crippen LogP contribution is 2.36. The summed E-state index contributed by atoms with van der Waals surface area (Å²) < 4.78 is 94.1. The van der Waals surface area contributed by atoms with E-state index in [-0.39, 0.29) is 30.3 Å². The van der Waals surface area contributed by atoms with E-state index in [2.05, 4.69) is 0 Å². The molecule has 1 aromatic rings. The van der Waals surface area contributed by atoms with E-state index in [0.29, 0.717) is 12.8 Å². The van der Waals surface area contributed by atoms with Gasteiger partial charge in [0.15, 0.2) is 9.76 Å². The molecule has 3 nitrogen and oxygen atoms in total. The summed E-state index contributed by atoms with van der Waals surface area (Å²) in [4.78, 5) is 0. The number of aryl methyl sites for hydroxylation is 1. The second kappa shape index (κ2) is 12.1. The van der Waals surface area contributed by atoms with Gasteiger partial charge >= 0.3 is 12.4 Å². The molecule has 0 bridgehead atoms. The molecule has 0 aliphatic carbocycles. The maximum absolute atomic E-state index is 12.9. The van der Waals surface area contributed by atoms with E-state index in [1.165, 1.54) is 0 Å². The van der Waals surface area contributed by atoms with Crippen LogP contribution in [0, 0.1) is 0 Å². The Morgan fingerprint density at radius 1 is 0.767 bits per heavy atom. The van der Waals surface area contributed by atoms with Crippen LogP contribution in [0.15, 0.2) is 18.2 Å². The Balaban J connectivity index is 2.47. The van der Waals surface area contributed by atoms with Crippen molar-refractivity contribution in [1.82, 2.24) is 0 Å². The average molecular weight is 461 g/mol. The standard InChI is InChI=1S/C20H30F6O3Si/c1-13(2)27-18(28-14(3)4)29-30-9-7-5-6-8-15-10-16(19(21,22)23)12-17(11-15)20(24,25)26/h10-14,18H,5-9,30H2,1-4H3. The van der Waals surface area contributed by atoms with Gasteiger partial charge in [-0.05, 0) is 70.3 Å². The summed E-state index contributed by atoms with van der Waals surface area (Å²) in [5.74, 6) is 0. The van der Waals surface area contributed by atoms with Crippen molar-refractivity contribution in [2.75, 3.05) is 0 Å². The van der Waals surface area contributed by atoms with E-state index in [1.807, 2.05) is 27.7 Å². The molecule has 0 unspecified atom stereocenters. The first-order valence-corrected chi connectivity index (χ1v) is 11.6. The molecule has 30 heavy (non-hydrogen) atoms. The van der Waals surface area contributed by atoms with Crippen molar-refractivity contribution in [1.29, 1.82) is 0 Å². The number of rotatable bonds is 12. The molecule has 0 aromatic heterocycles. The van der Waals surface area contributed by atoms with E-state index in [0.717, 1.165) is 24.6 Å². The zero-order valence-electron chi connectivity index (χ0n) is 17.7. The van der Waals surface area contributed by atoms with Crippen LogP contribution in [0.4, 0.5) is 26.3 Å². The first kappa shape index (κ1) is 26.9. The molecule has 0 heterocycles. The van der Waals surface area contributed by atoms with Crippen molar-refractivity contribution in [3.05, 3.63) is 34.9 Å². The second-order valence-corrected chi connectivity index (χ2v) is 9.06. The van der Waals surface area contributed by atoms with Gasteiger partial charge in [-0.25, -0.2) is 0 Å². The largest absolute Gasteiger partial charge is 0.416 e. The molecule has 0 radical (unpaired) electrons. The van der Waals surface area contributed by atoms with E-state index < -0.39 is 39.7 Å². The van der Waals surface area contributed by atoms with Gasteiger partial charge in [0.05, 0.1) is 23.3 Å². The first-order valence-electron chi connectivity index (χ1n) is 10.00. The number of alkyl halides is 6. The summed E-state index contributed by atoms with van der Waals surface area (Å²) in [7, 11) is -0.911. The lowest BCUT2D eigenvalue weighted by molar-refractivity contribution is -0.275. The Bertz CT molecular complexity index is 590. The maximum Gasteiger partial charge on any atom is 0.416 e. The van der Waals surface area contributed by atoms with Crippen molar-refractivity contribution >= 4 is 9.76 Å². The minimum Gasteiger partial charge on any atom is -0.379 e. The third-order valence-corrected chi connectivity index (χ3v) is 5.32. The summed E-state index contributed by atoms with van der Waals surface area (Å²) in [6.07, 6.45) is -7.58. The van der Waals surface area contributed by atoms with Crippen LogP contribution in [0.1, 0.15) is 63.6 Å². The van der Waals surface area contributed by atoms with Gasteiger partial charge in [0.2, 0.25) is 0 Å². The molecule has 10 heteroatoms. The number of benzene rings is 1. The van der Waals surface area contributed by atoms with Crippen molar-refractivity contribution < 1.29 is 40.2 Å². The summed E-state index contributed by atoms with van der Waals surface area (Å²) in [5.41, 5.74) is -2.50. The van der Waals surface area contributed by atoms with Crippen LogP contribution < -0.4 is 0 Å². The van der Waals surface area contributed by atoms with Crippen LogP contribution in [-0.2, 0) is 32.7 Å². The normalized spacial score (nSPS) is 13.5. The summed E-state index contributed by atoms with van der Waals surface area (Å²) >= 11 is 0. The minimum absolute atomic E-state index is 0.0429. The van der Waals surface area contributed by atoms with Crippen molar-refractivity contribution in [3.8, 4) is 0 Å². The average Bonchev–Trinajstić information content (AvgIpc) is 2.58. The van der Waals surface area contributed by atoms with E-state index in [1.54, 1.807) is 0 Å². The quantitative estimate of drug-likeness (QED) is 0.164. The molecule has 0 aliphatic rings. The first-order chi connectivity index (χ1) is 13.8. The molecule has 0 amide bonds. The van der Waals surface area contributed by atoms with E-state index in [4.69, 9.17) is 13.9 Å². The predicted molar refractivity (Wildman–Crippen MR) is 105 cm³/mol. The molecule has 0 saturated heterocycles. The van der Waals surface area contributed by atoms with Gasteiger partial charge in [0, 0.05) is 0 Å². The van der Waals surface area contributed by atoms with Gasteiger partial charge in [0.1, 0.15) is 0 Å². The Labute approximate surface area is 176 Å². The van der Waals surface area contributed by atoms with Crippen molar-refractivity contribution in [2.45, 2.75) is 90.5 Å². The highest BCUT2D eigenvalue weighted by molar-refractivity contribution is 6.27. The van der Waals surface area contributed by atoms with Gasteiger partial charge in [0.25, 0.3) is 6.48 Å². The minimum atomic E-state index is -4.81. The molecule has 0 atom stereocenters. The van der Waals surface area contributed by atoms with E-state index >= 15 is 0 Å². The van der Waals surface area contributed by atoms with Gasteiger partial charge < -0.3 is 13.9 Å². The lowest BCUT2D eigenvalue weighted by atomic mass is 10.0. The molecule has 0 N–H and O–H groups in total. The molecule has 1 aromatic carbocycles. The lowest BCUT2D eigenvalue weighted by Crippen LogP contribution is -2.28. The maximum atomic E-state index is 12.9. The summed E-state index contributed by atoms with van der Waals surface area (Å²) in [6, 6.07) is 2.56. The molecular weight excluding hydrogens is 430 g/mol. The highest BCUT2D eigenvalue weighted by atomic mass is 28.2. The molecular formula is C20H30F6O3Si. The third kappa shape index (κ3) is 10.8. The predicted octanol–water partition coefficient (Wildman–Crippen LogP) is 6.09. The zero-order valence-corrected chi connectivity index (χ0v) is 19.1. The fraction of sp³-hybridized carbons (Fsp3) is 0.700. The second-order valence-electron chi connectivity index (χ2n) is 7.61. The van der Waals surface area contributed by atoms with Crippen molar-refractivity contribution in [3.63, 3.8) is 0 Å². The molecule has 0 aliphatic heterocycles. The van der Waals surface area contributed by atoms with Gasteiger partial charge in [-0.15, -0.1) is 0 Å². The van der Waals surface area contributed by atoms with Gasteiger partial charge in [-0.2, -0.15) is 26.3 Å². The van der Waals surface area contributed by atoms with Crippen molar-refractivity contribution in [2.24, 2.45) is 0 Å². The van der Waals surface area contributed by atoms with E-state index in [9.17, 15) is 26.3 Å². The highest BCUT2D eigenvalue weighted by Gasteiger charge is 2.36. The number of unbranched alkanes of at least 4 members (excludes halogenated alkanes) is 2. The Morgan fingerprint density at radius 3 is 1.70 bits per heavy atom. The Hall–Kier alpha value is -1.10. The Morgan fingerprint density at radius 2 is 1.27 bits per heavy atom. The SMILES string of the molecule is CC(C)OC(O[SiH2]CCCCCc1cc(C(F)(F)F)cc(C(F)(F)F)c1)OC(C)C. The lowest BCUT2D eigenvalue weighted by Gasteiger charge is -2.23. The molecule has 0 fully saturated rings. The van der Waals surface area contributed by atoms with Crippen LogP contribution >= 0.6 is 0 Å². The Kier molecular flexibility index (Phi) is 10.8.